The van der Waals surface area contributed by atoms with Crippen molar-refractivity contribution in [1.29, 1.82) is 0 Å². The zero-order chi connectivity index (χ0) is 13.9. The van der Waals surface area contributed by atoms with Crippen LogP contribution in [0.1, 0.15) is 30.0 Å². The standard InChI is InChI=1S/C12H22N4O2/c1-6-9-10(13)11(16(4)14-9)12(17)15(3)8(2)7-18-5/h8H,6-7,13H2,1-5H3. The number of hydrogen-bond acceptors (Lipinski definition) is 4. The average Bonchev–Trinajstić information content (AvgIpc) is 2.62. The van der Waals surface area contributed by atoms with Crippen LogP contribution in [-0.2, 0) is 18.2 Å². The second-order valence-corrected chi connectivity index (χ2v) is 4.41. The summed E-state index contributed by atoms with van der Waals surface area (Å²) in [7, 11) is 5.09. The normalized spacial score (nSPS) is 12.5. The van der Waals surface area contributed by atoms with Gasteiger partial charge in [-0.1, -0.05) is 6.92 Å². The van der Waals surface area contributed by atoms with E-state index in [-0.39, 0.29) is 11.9 Å². The van der Waals surface area contributed by atoms with E-state index < -0.39 is 0 Å². The highest BCUT2D eigenvalue weighted by Gasteiger charge is 2.24. The van der Waals surface area contributed by atoms with Gasteiger partial charge in [0.25, 0.3) is 5.91 Å². The highest BCUT2D eigenvalue weighted by Crippen LogP contribution is 2.19. The summed E-state index contributed by atoms with van der Waals surface area (Å²) in [5.74, 6) is -0.133. The molecule has 1 aromatic rings. The molecule has 0 aliphatic carbocycles. The fraction of sp³-hybridized carbons (Fsp3) is 0.667. The topological polar surface area (TPSA) is 73.4 Å². The van der Waals surface area contributed by atoms with E-state index in [4.69, 9.17) is 10.5 Å². The number of likely N-dealkylation sites (N-methyl/N-ethyl adjacent to an activating group) is 1. The molecule has 0 radical (unpaired) electrons. The molecule has 18 heavy (non-hydrogen) atoms. The molecule has 2 N–H and O–H groups in total. The predicted octanol–water partition coefficient (Wildman–Crippen LogP) is 0.672. The Morgan fingerprint density at radius 1 is 1.61 bits per heavy atom. The summed E-state index contributed by atoms with van der Waals surface area (Å²) in [4.78, 5) is 14.0. The lowest BCUT2D eigenvalue weighted by molar-refractivity contribution is 0.0624. The first-order valence-corrected chi connectivity index (χ1v) is 6.01. The molecule has 1 heterocycles. The first kappa shape index (κ1) is 14.5. The van der Waals surface area contributed by atoms with Crippen molar-refractivity contribution in [3.63, 3.8) is 0 Å². The second-order valence-electron chi connectivity index (χ2n) is 4.41. The van der Waals surface area contributed by atoms with E-state index in [9.17, 15) is 4.79 Å². The third kappa shape index (κ3) is 2.64. The van der Waals surface area contributed by atoms with E-state index in [0.29, 0.717) is 24.4 Å². The van der Waals surface area contributed by atoms with Crippen LogP contribution in [0.25, 0.3) is 0 Å². The van der Waals surface area contributed by atoms with Crippen molar-refractivity contribution in [2.45, 2.75) is 26.3 Å². The number of rotatable bonds is 5. The second kappa shape index (κ2) is 5.86. The zero-order valence-electron chi connectivity index (χ0n) is 11.7. The molecule has 1 unspecified atom stereocenters. The average molecular weight is 254 g/mol. The summed E-state index contributed by atoms with van der Waals surface area (Å²) in [6.07, 6.45) is 0.713. The monoisotopic (exact) mass is 254 g/mol. The van der Waals surface area contributed by atoms with E-state index >= 15 is 0 Å². The maximum atomic E-state index is 12.4. The van der Waals surface area contributed by atoms with E-state index in [1.165, 1.54) is 0 Å². The van der Waals surface area contributed by atoms with Gasteiger partial charge in [0.15, 0.2) is 0 Å². The molecule has 6 heteroatoms. The van der Waals surface area contributed by atoms with Crippen LogP contribution in [0.2, 0.25) is 0 Å². The van der Waals surface area contributed by atoms with Crippen LogP contribution in [-0.4, -0.2) is 47.4 Å². The predicted molar refractivity (Wildman–Crippen MR) is 70.4 cm³/mol. The molecule has 1 atom stereocenters. The number of anilines is 1. The Labute approximate surface area is 108 Å². The number of amides is 1. The fourth-order valence-corrected chi connectivity index (χ4v) is 1.83. The van der Waals surface area contributed by atoms with E-state index in [2.05, 4.69) is 5.10 Å². The molecule has 102 valence electrons. The molecule has 0 saturated heterocycles. The van der Waals surface area contributed by atoms with Crippen molar-refractivity contribution >= 4 is 11.6 Å². The number of carbonyl (C=O) groups is 1. The van der Waals surface area contributed by atoms with Gasteiger partial charge in [0, 0.05) is 21.2 Å². The van der Waals surface area contributed by atoms with Crippen molar-refractivity contribution in [2.75, 3.05) is 26.5 Å². The Morgan fingerprint density at radius 3 is 2.67 bits per heavy atom. The lowest BCUT2D eigenvalue weighted by atomic mass is 10.2. The van der Waals surface area contributed by atoms with Gasteiger partial charge in [-0.2, -0.15) is 5.10 Å². The smallest absolute Gasteiger partial charge is 0.274 e. The highest BCUT2D eigenvalue weighted by atomic mass is 16.5. The molecule has 0 bridgehead atoms. The fourth-order valence-electron chi connectivity index (χ4n) is 1.83. The van der Waals surface area contributed by atoms with Crippen LogP contribution < -0.4 is 5.73 Å². The number of nitrogen functional groups attached to an aromatic ring is 1. The van der Waals surface area contributed by atoms with Gasteiger partial charge in [-0.25, -0.2) is 0 Å². The number of aryl methyl sites for hydroxylation is 2. The van der Waals surface area contributed by atoms with Gasteiger partial charge in [-0.3, -0.25) is 9.48 Å². The Bertz CT molecular complexity index is 428. The molecule has 6 nitrogen and oxygen atoms in total. The molecule has 0 saturated carbocycles. The van der Waals surface area contributed by atoms with Gasteiger partial charge < -0.3 is 15.4 Å². The molecule has 1 aromatic heterocycles. The van der Waals surface area contributed by atoms with Gasteiger partial charge in [-0.15, -0.1) is 0 Å². The number of methoxy groups -OCH3 is 1. The van der Waals surface area contributed by atoms with Crippen molar-refractivity contribution in [3.8, 4) is 0 Å². The SMILES string of the molecule is CCc1nn(C)c(C(=O)N(C)C(C)COC)c1N. The van der Waals surface area contributed by atoms with Crippen molar-refractivity contribution in [2.24, 2.45) is 7.05 Å². The number of hydrogen-bond donors (Lipinski definition) is 1. The molecule has 1 rings (SSSR count). The minimum Gasteiger partial charge on any atom is -0.395 e. The third-order valence-corrected chi connectivity index (χ3v) is 3.09. The molecule has 0 aliphatic heterocycles. The number of aromatic nitrogens is 2. The summed E-state index contributed by atoms with van der Waals surface area (Å²) < 4.78 is 6.60. The molecule has 0 spiro atoms. The number of nitrogens with two attached hydrogens (primary N) is 1. The molecular formula is C12H22N4O2. The van der Waals surface area contributed by atoms with Crippen LogP contribution in [0, 0.1) is 0 Å². The lowest BCUT2D eigenvalue weighted by Crippen LogP contribution is -2.39. The molecule has 0 fully saturated rings. The lowest BCUT2D eigenvalue weighted by Gasteiger charge is -2.24. The summed E-state index contributed by atoms with van der Waals surface area (Å²) in [6, 6.07) is -0.0122. The third-order valence-electron chi connectivity index (χ3n) is 3.09. The Morgan fingerprint density at radius 2 is 2.22 bits per heavy atom. The summed E-state index contributed by atoms with van der Waals surface area (Å²) >= 11 is 0. The number of nitrogens with zero attached hydrogens (tertiary/aromatic N) is 3. The minimum atomic E-state index is -0.133. The maximum absolute atomic E-state index is 12.4. The van der Waals surface area contributed by atoms with Crippen LogP contribution in [0.5, 0.6) is 0 Å². The van der Waals surface area contributed by atoms with Gasteiger partial charge in [0.1, 0.15) is 5.69 Å². The first-order chi connectivity index (χ1) is 8.43. The van der Waals surface area contributed by atoms with E-state index in [0.717, 1.165) is 5.69 Å². The first-order valence-electron chi connectivity index (χ1n) is 6.01. The largest absolute Gasteiger partial charge is 0.395 e. The zero-order valence-corrected chi connectivity index (χ0v) is 11.7. The van der Waals surface area contributed by atoms with Gasteiger partial charge in [-0.05, 0) is 13.3 Å². The number of ether oxygens (including phenoxy) is 1. The van der Waals surface area contributed by atoms with Crippen LogP contribution >= 0.6 is 0 Å². The van der Waals surface area contributed by atoms with E-state index in [1.54, 1.807) is 30.8 Å². The van der Waals surface area contributed by atoms with E-state index in [1.807, 2.05) is 13.8 Å². The highest BCUT2D eigenvalue weighted by molar-refractivity contribution is 5.98. The minimum absolute atomic E-state index is 0.0122. The Hall–Kier alpha value is -1.56. The quantitative estimate of drug-likeness (QED) is 0.838. The van der Waals surface area contributed by atoms with Crippen molar-refractivity contribution in [3.05, 3.63) is 11.4 Å². The summed E-state index contributed by atoms with van der Waals surface area (Å²) in [5.41, 5.74) is 7.64. The molecule has 1 amide bonds. The van der Waals surface area contributed by atoms with Crippen LogP contribution in [0.4, 0.5) is 5.69 Å². The Kier molecular flexibility index (Phi) is 4.72. The van der Waals surface area contributed by atoms with Gasteiger partial charge >= 0.3 is 0 Å². The van der Waals surface area contributed by atoms with Gasteiger partial charge in [0.2, 0.25) is 0 Å². The van der Waals surface area contributed by atoms with Crippen molar-refractivity contribution in [1.82, 2.24) is 14.7 Å². The molecule has 0 aliphatic rings. The van der Waals surface area contributed by atoms with Gasteiger partial charge in [0.05, 0.1) is 24.0 Å². The Balaban J connectivity index is 3.00. The maximum Gasteiger partial charge on any atom is 0.274 e. The number of carbonyl (C=O) groups excluding carboxylic acids is 1. The molecular weight excluding hydrogens is 232 g/mol. The summed E-state index contributed by atoms with van der Waals surface area (Å²) in [5, 5.41) is 4.25. The van der Waals surface area contributed by atoms with Crippen molar-refractivity contribution < 1.29 is 9.53 Å². The summed E-state index contributed by atoms with van der Waals surface area (Å²) in [6.45, 7) is 4.37. The van der Waals surface area contributed by atoms with Crippen LogP contribution in [0.3, 0.4) is 0 Å². The van der Waals surface area contributed by atoms with Crippen LogP contribution in [0.15, 0.2) is 0 Å². The molecule has 0 aromatic carbocycles.